The molecule has 0 spiro atoms. The monoisotopic (exact) mass is 182 g/mol. The van der Waals surface area contributed by atoms with Crippen LogP contribution in [0.4, 0.5) is 0 Å². The Morgan fingerprint density at radius 2 is 1.30 bits per heavy atom. The Labute approximate surface area is 69.8 Å². The van der Waals surface area contributed by atoms with E-state index in [1.54, 1.807) is 35.4 Å². The van der Waals surface area contributed by atoms with Crippen LogP contribution in [0.2, 0.25) is 0 Å². The van der Waals surface area contributed by atoms with Crippen LogP contribution in [0.25, 0.3) is 0 Å². The fourth-order valence-corrected chi connectivity index (χ4v) is 2.64. The number of hydrogen-bond donors (Lipinski definition) is 2. The van der Waals surface area contributed by atoms with Crippen LogP contribution in [0.1, 0.15) is 13.8 Å². The van der Waals surface area contributed by atoms with Crippen LogP contribution in [0.5, 0.6) is 0 Å². The van der Waals surface area contributed by atoms with E-state index < -0.39 is 0 Å². The summed E-state index contributed by atoms with van der Waals surface area (Å²) in [6.45, 7) is 3.52. The van der Waals surface area contributed by atoms with Crippen LogP contribution in [-0.2, 0) is 0 Å². The zero-order valence-electron chi connectivity index (χ0n) is 6.28. The molecule has 4 heteroatoms. The lowest BCUT2D eigenvalue weighted by Gasteiger charge is -2.04. The highest BCUT2D eigenvalue weighted by Gasteiger charge is 1.98. The molecule has 0 aliphatic rings. The summed E-state index contributed by atoms with van der Waals surface area (Å²) >= 11 is 0. The van der Waals surface area contributed by atoms with Gasteiger partial charge in [-0.3, -0.25) is 0 Å². The predicted octanol–water partition coefficient (Wildman–Crippen LogP) is 1.13. The molecule has 2 atom stereocenters. The predicted molar refractivity (Wildman–Crippen MR) is 48.3 cm³/mol. The fourth-order valence-electron chi connectivity index (χ4n) is 0.293. The minimum absolute atomic E-state index is 0.244. The first-order chi connectivity index (χ1) is 4.63. The minimum Gasteiger partial charge on any atom is -0.393 e. The van der Waals surface area contributed by atoms with Crippen molar-refractivity contribution >= 4 is 21.6 Å². The van der Waals surface area contributed by atoms with E-state index in [9.17, 15) is 0 Å². The van der Waals surface area contributed by atoms with Crippen LogP contribution in [0.3, 0.4) is 0 Å². The van der Waals surface area contributed by atoms with Crippen molar-refractivity contribution in [2.75, 3.05) is 11.5 Å². The van der Waals surface area contributed by atoms with Gasteiger partial charge in [-0.25, -0.2) is 0 Å². The molecule has 0 radical (unpaired) electrons. The van der Waals surface area contributed by atoms with Gasteiger partial charge in [0.15, 0.2) is 0 Å². The van der Waals surface area contributed by atoms with Crippen molar-refractivity contribution < 1.29 is 10.2 Å². The molecule has 0 aromatic carbocycles. The second-order valence-electron chi connectivity index (χ2n) is 2.27. The molecule has 2 nitrogen and oxygen atoms in total. The van der Waals surface area contributed by atoms with Crippen molar-refractivity contribution in [3.05, 3.63) is 0 Å². The van der Waals surface area contributed by atoms with Gasteiger partial charge in [0, 0.05) is 11.5 Å². The second-order valence-corrected chi connectivity index (χ2v) is 4.82. The molecule has 0 heterocycles. The van der Waals surface area contributed by atoms with Gasteiger partial charge in [0.2, 0.25) is 0 Å². The van der Waals surface area contributed by atoms with E-state index in [1.807, 2.05) is 0 Å². The zero-order chi connectivity index (χ0) is 7.98. The molecule has 0 aromatic heterocycles. The van der Waals surface area contributed by atoms with Crippen molar-refractivity contribution in [2.24, 2.45) is 0 Å². The summed E-state index contributed by atoms with van der Waals surface area (Å²) in [4.78, 5) is 0. The summed E-state index contributed by atoms with van der Waals surface area (Å²) in [5.41, 5.74) is 0. The van der Waals surface area contributed by atoms with Crippen molar-refractivity contribution in [1.29, 1.82) is 0 Å². The highest BCUT2D eigenvalue weighted by atomic mass is 33.1. The molecule has 0 aromatic rings. The summed E-state index contributed by atoms with van der Waals surface area (Å²) in [5.74, 6) is 1.47. The Balaban J connectivity index is 2.91. The molecule has 2 unspecified atom stereocenters. The molecule has 0 fully saturated rings. The molecule has 0 aliphatic carbocycles. The van der Waals surface area contributed by atoms with Crippen LogP contribution in [0.15, 0.2) is 0 Å². The summed E-state index contributed by atoms with van der Waals surface area (Å²) in [7, 11) is 3.19. The van der Waals surface area contributed by atoms with Crippen molar-refractivity contribution in [3.8, 4) is 0 Å². The molecule has 0 saturated heterocycles. The first kappa shape index (κ1) is 10.6. The number of hydrogen-bond acceptors (Lipinski definition) is 4. The molecule has 10 heavy (non-hydrogen) atoms. The largest absolute Gasteiger partial charge is 0.393 e. The maximum absolute atomic E-state index is 8.82. The van der Waals surface area contributed by atoms with Gasteiger partial charge in [-0.15, -0.1) is 0 Å². The van der Waals surface area contributed by atoms with Gasteiger partial charge in [0.05, 0.1) is 12.2 Å². The van der Waals surface area contributed by atoms with Gasteiger partial charge in [-0.1, -0.05) is 21.6 Å². The zero-order valence-corrected chi connectivity index (χ0v) is 7.91. The van der Waals surface area contributed by atoms with Crippen molar-refractivity contribution in [1.82, 2.24) is 0 Å². The lowest BCUT2D eigenvalue weighted by Crippen LogP contribution is -2.04. The first-order valence-electron chi connectivity index (χ1n) is 3.23. The third-order valence-corrected chi connectivity index (χ3v) is 3.42. The molecule has 0 rings (SSSR count). The maximum atomic E-state index is 8.82. The Morgan fingerprint density at radius 1 is 1.00 bits per heavy atom. The summed E-state index contributed by atoms with van der Waals surface area (Å²) in [5, 5.41) is 17.6. The standard InChI is InChI=1S/C6H14O2S2/c1-5(7)3-9-10-4-6(2)8/h5-8H,3-4H2,1-2H3. The topological polar surface area (TPSA) is 40.5 Å². The molecular weight excluding hydrogens is 168 g/mol. The molecule has 62 valence electrons. The van der Waals surface area contributed by atoms with Gasteiger partial charge < -0.3 is 10.2 Å². The van der Waals surface area contributed by atoms with Crippen LogP contribution >= 0.6 is 21.6 Å². The fraction of sp³-hybridized carbons (Fsp3) is 1.00. The molecule has 0 bridgehead atoms. The van der Waals surface area contributed by atoms with E-state index >= 15 is 0 Å². The molecular formula is C6H14O2S2. The quantitative estimate of drug-likeness (QED) is 0.494. The Bertz CT molecular complexity index is 66.1. The van der Waals surface area contributed by atoms with Crippen molar-refractivity contribution in [2.45, 2.75) is 26.1 Å². The Kier molecular flexibility index (Phi) is 6.73. The molecule has 2 N–H and O–H groups in total. The molecule has 0 aliphatic heterocycles. The minimum atomic E-state index is -0.244. The van der Waals surface area contributed by atoms with Gasteiger partial charge in [-0.05, 0) is 13.8 Å². The molecule has 0 saturated carbocycles. The number of rotatable bonds is 5. The maximum Gasteiger partial charge on any atom is 0.0610 e. The average Bonchev–Trinajstić information content (AvgIpc) is 1.79. The van der Waals surface area contributed by atoms with E-state index in [2.05, 4.69) is 0 Å². The summed E-state index contributed by atoms with van der Waals surface area (Å²) in [6, 6.07) is 0. The number of aliphatic hydroxyl groups is 2. The Hall–Kier alpha value is 0.620. The lowest BCUT2D eigenvalue weighted by molar-refractivity contribution is 0.219. The number of aliphatic hydroxyl groups excluding tert-OH is 2. The van der Waals surface area contributed by atoms with Gasteiger partial charge in [0.1, 0.15) is 0 Å². The average molecular weight is 182 g/mol. The lowest BCUT2D eigenvalue weighted by atomic mass is 10.5. The van der Waals surface area contributed by atoms with Crippen molar-refractivity contribution in [3.63, 3.8) is 0 Å². The normalized spacial score (nSPS) is 16.8. The van der Waals surface area contributed by atoms with E-state index in [0.717, 1.165) is 11.5 Å². The van der Waals surface area contributed by atoms with E-state index in [0.29, 0.717) is 0 Å². The van der Waals surface area contributed by atoms with Crippen LogP contribution < -0.4 is 0 Å². The summed E-state index contributed by atoms with van der Waals surface area (Å²) < 4.78 is 0. The van der Waals surface area contributed by atoms with E-state index in [4.69, 9.17) is 10.2 Å². The smallest absolute Gasteiger partial charge is 0.0610 e. The second kappa shape index (κ2) is 6.34. The van der Waals surface area contributed by atoms with Gasteiger partial charge >= 0.3 is 0 Å². The third-order valence-electron chi connectivity index (χ3n) is 0.702. The van der Waals surface area contributed by atoms with E-state index in [1.165, 1.54) is 0 Å². The van der Waals surface area contributed by atoms with Gasteiger partial charge in [0.25, 0.3) is 0 Å². The first-order valence-corrected chi connectivity index (χ1v) is 5.72. The van der Waals surface area contributed by atoms with Crippen LogP contribution in [-0.4, -0.2) is 33.9 Å². The highest BCUT2D eigenvalue weighted by molar-refractivity contribution is 8.76. The van der Waals surface area contributed by atoms with E-state index in [-0.39, 0.29) is 12.2 Å². The Morgan fingerprint density at radius 3 is 1.50 bits per heavy atom. The molecule has 0 amide bonds. The summed E-state index contributed by atoms with van der Waals surface area (Å²) in [6.07, 6.45) is -0.488. The van der Waals surface area contributed by atoms with Gasteiger partial charge in [-0.2, -0.15) is 0 Å². The highest BCUT2D eigenvalue weighted by Crippen LogP contribution is 2.22. The SMILES string of the molecule is CC(O)CSSCC(C)O. The van der Waals surface area contributed by atoms with Crippen LogP contribution in [0, 0.1) is 0 Å². The third kappa shape index (κ3) is 8.62.